The molecule has 1 aromatic carbocycles. The quantitative estimate of drug-likeness (QED) is 0.731. The highest BCUT2D eigenvalue weighted by Crippen LogP contribution is 2.29. The normalized spacial score (nSPS) is 9.87. The minimum Gasteiger partial charge on any atom is -0.275 e. The van der Waals surface area contributed by atoms with E-state index in [9.17, 15) is 4.79 Å². The van der Waals surface area contributed by atoms with E-state index in [0.717, 1.165) is 20.8 Å². The van der Waals surface area contributed by atoms with E-state index in [0.29, 0.717) is 5.02 Å². The fourth-order valence-corrected chi connectivity index (χ4v) is 3.45. The zero-order valence-electron chi connectivity index (χ0n) is 7.36. The van der Waals surface area contributed by atoms with Crippen molar-refractivity contribution in [3.05, 3.63) is 44.4 Å². The van der Waals surface area contributed by atoms with Gasteiger partial charge in [-0.3, -0.25) is 4.79 Å². The Balaban J connectivity index is 2.60. The van der Waals surface area contributed by atoms with Crippen molar-refractivity contribution in [3.63, 3.8) is 0 Å². The molecule has 0 bridgehead atoms. The van der Waals surface area contributed by atoms with Gasteiger partial charge in [0.05, 0.1) is 4.88 Å². The van der Waals surface area contributed by atoms with E-state index in [4.69, 9.17) is 16.9 Å². The van der Waals surface area contributed by atoms with E-state index in [1.165, 1.54) is 10.3 Å². The highest BCUT2D eigenvalue weighted by Gasteiger charge is 2.11. The van der Waals surface area contributed by atoms with Gasteiger partial charge in [-0.15, -0.1) is 0 Å². The van der Waals surface area contributed by atoms with Crippen molar-refractivity contribution in [3.8, 4) is 16.5 Å². The van der Waals surface area contributed by atoms with Crippen LogP contribution in [-0.4, -0.2) is 0 Å². The van der Waals surface area contributed by atoms with Gasteiger partial charge in [-0.2, -0.15) is 5.26 Å². The predicted molar refractivity (Wildman–Crippen MR) is 63.6 cm³/mol. The van der Waals surface area contributed by atoms with Crippen molar-refractivity contribution in [2.75, 3.05) is 0 Å². The monoisotopic (exact) mass is 253 g/mol. The first kappa shape index (κ1) is 10.4. The molecule has 0 radical (unpaired) electrons. The number of halogens is 1. The first-order valence-corrected chi connectivity index (χ1v) is 6.54. The molecule has 2 aromatic rings. The van der Waals surface area contributed by atoms with Crippen molar-refractivity contribution in [2.24, 2.45) is 0 Å². The molecule has 0 saturated carbocycles. The second kappa shape index (κ2) is 4.15. The van der Waals surface area contributed by atoms with Crippen LogP contribution >= 0.6 is 32.3 Å². The molecule has 0 spiro atoms. The average molecular weight is 254 g/mol. The Bertz CT molecular complexity index is 577. The fourth-order valence-electron chi connectivity index (χ4n) is 1.15. The molecule has 0 fully saturated rings. The van der Waals surface area contributed by atoms with Crippen LogP contribution in [-0.2, 0) is 0 Å². The van der Waals surface area contributed by atoms with E-state index in [-0.39, 0.29) is 10.3 Å². The first-order valence-electron chi connectivity index (χ1n) is 4.01. The lowest BCUT2D eigenvalue weighted by Gasteiger charge is -1.96. The summed E-state index contributed by atoms with van der Waals surface area (Å²) in [6, 6.07) is 9.03. The molecule has 0 atom stereocenters. The summed E-state index contributed by atoms with van der Waals surface area (Å²) in [5.74, 6) is 0. The van der Waals surface area contributed by atoms with Crippen LogP contribution in [0, 0.1) is 11.3 Å². The Labute approximate surface area is 98.4 Å². The number of nitrogens with zero attached hydrogens (tertiary/aromatic N) is 1. The van der Waals surface area contributed by atoms with E-state index in [1.807, 2.05) is 6.07 Å². The van der Waals surface area contributed by atoms with Crippen LogP contribution in [0.2, 0.25) is 5.02 Å². The third-order valence-electron chi connectivity index (χ3n) is 1.85. The van der Waals surface area contributed by atoms with Gasteiger partial charge in [-0.25, -0.2) is 0 Å². The number of hydrogen-bond acceptors (Lipinski definition) is 4. The predicted octanol–water partition coefficient (Wildman–Crippen LogP) is 3.36. The second-order valence-corrected chi connectivity index (χ2v) is 5.33. The molecule has 0 amide bonds. The van der Waals surface area contributed by atoms with Crippen molar-refractivity contribution < 1.29 is 0 Å². The van der Waals surface area contributed by atoms with E-state index >= 15 is 0 Å². The zero-order valence-corrected chi connectivity index (χ0v) is 9.75. The summed E-state index contributed by atoms with van der Waals surface area (Å²) >= 11 is 5.76. The molecule has 0 N–H and O–H groups in total. The Morgan fingerprint density at radius 1 is 1.20 bits per heavy atom. The number of nitriles is 1. The van der Waals surface area contributed by atoms with Gasteiger partial charge in [0.2, 0.25) is 0 Å². The summed E-state index contributed by atoms with van der Waals surface area (Å²) < 4.78 is -0.174. The van der Waals surface area contributed by atoms with Gasteiger partial charge < -0.3 is 0 Å². The topological polar surface area (TPSA) is 40.9 Å². The molecule has 0 aliphatic rings. The molecule has 0 saturated heterocycles. The number of benzene rings is 1. The minimum absolute atomic E-state index is 0.174. The van der Waals surface area contributed by atoms with E-state index in [2.05, 4.69) is 0 Å². The zero-order chi connectivity index (χ0) is 10.8. The average Bonchev–Trinajstić information content (AvgIpc) is 2.61. The standard InChI is InChI=1S/C10H4ClNOS2/c11-7-3-1-6(2-4-7)9-8(5-12)10(13)15-14-9/h1-4H. The van der Waals surface area contributed by atoms with Gasteiger partial charge in [-0.05, 0) is 28.0 Å². The van der Waals surface area contributed by atoms with Crippen molar-refractivity contribution in [2.45, 2.75) is 0 Å². The first-order chi connectivity index (χ1) is 7.22. The van der Waals surface area contributed by atoms with Gasteiger partial charge >= 0.3 is 0 Å². The molecule has 2 rings (SSSR count). The lowest BCUT2D eigenvalue weighted by atomic mass is 10.1. The summed E-state index contributed by atoms with van der Waals surface area (Å²) in [6.07, 6.45) is 0. The molecule has 15 heavy (non-hydrogen) atoms. The smallest absolute Gasteiger partial charge is 0.261 e. The molecule has 74 valence electrons. The maximum Gasteiger partial charge on any atom is 0.261 e. The van der Waals surface area contributed by atoms with Gasteiger partial charge in [0.1, 0.15) is 11.6 Å². The molecule has 1 heterocycles. The van der Waals surface area contributed by atoms with Crippen LogP contribution < -0.4 is 4.74 Å². The SMILES string of the molecule is N#Cc1c(-c2ccc(Cl)cc2)ssc1=O. The van der Waals surface area contributed by atoms with Crippen molar-refractivity contribution >= 4 is 32.3 Å². The highest BCUT2D eigenvalue weighted by molar-refractivity contribution is 7.70. The third-order valence-corrected chi connectivity index (χ3v) is 4.35. The van der Waals surface area contributed by atoms with Crippen LogP contribution in [0.25, 0.3) is 10.4 Å². The summed E-state index contributed by atoms with van der Waals surface area (Å²) in [4.78, 5) is 12.0. The van der Waals surface area contributed by atoms with Gasteiger partial charge in [0.25, 0.3) is 4.74 Å². The summed E-state index contributed by atoms with van der Waals surface area (Å²) in [5, 5.41) is 9.48. The van der Waals surface area contributed by atoms with Gasteiger partial charge in [0.15, 0.2) is 0 Å². The van der Waals surface area contributed by atoms with Crippen LogP contribution in [0.5, 0.6) is 0 Å². The maximum absolute atomic E-state index is 11.3. The Hall–Kier alpha value is -1.15. The fraction of sp³-hybridized carbons (Fsp3) is 0. The highest BCUT2D eigenvalue weighted by atomic mass is 35.5. The van der Waals surface area contributed by atoms with Crippen LogP contribution in [0.15, 0.2) is 29.1 Å². The van der Waals surface area contributed by atoms with Crippen LogP contribution in [0.3, 0.4) is 0 Å². The molecule has 1 aromatic heterocycles. The summed E-state index contributed by atoms with van der Waals surface area (Å²) in [6.45, 7) is 0. The summed E-state index contributed by atoms with van der Waals surface area (Å²) in [7, 11) is 2.41. The summed E-state index contributed by atoms with van der Waals surface area (Å²) in [5.41, 5.74) is 1.09. The Morgan fingerprint density at radius 3 is 2.47 bits per heavy atom. The number of hydrogen-bond donors (Lipinski definition) is 0. The van der Waals surface area contributed by atoms with Crippen LogP contribution in [0.4, 0.5) is 0 Å². The molecule has 2 nitrogen and oxygen atoms in total. The number of rotatable bonds is 1. The van der Waals surface area contributed by atoms with Crippen molar-refractivity contribution in [1.29, 1.82) is 5.26 Å². The lowest BCUT2D eigenvalue weighted by molar-refractivity contribution is 1.49. The molecule has 0 unspecified atom stereocenters. The van der Waals surface area contributed by atoms with E-state index < -0.39 is 0 Å². The molecular formula is C10H4ClNOS2. The molecule has 5 heteroatoms. The van der Waals surface area contributed by atoms with Crippen molar-refractivity contribution in [1.82, 2.24) is 0 Å². The third kappa shape index (κ3) is 1.95. The Morgan fingerprint density at radius 2 is 1.87 bits per heavy atom. The maximum atomic E-state index is 11.3. The Kier molecular flexibility index (Phi) is 2.87. The molecular weight excluding hydrogens is 250 g/mol. The minimum atomic E-state index is -0.174. The molecule has 0 aliphatic heterocycles. The van der Waals surface area contributed by atoms with Crippen LogP contribution in [0.1, 0.15) is 5.56 Å². The molecule has 0 aliphatic carbocycles. The van der Waals surface area contributed by atoms with Gasteiger partial charge in [-0.1, -0.05) is 34.1 Å². The van der Waals surface area contributed by atoms with Gasteiger partial charge in [0, 0.05) is 5.02 Å². The largest absolute Gasteiger partial charge is 0.275 e. The second-order valence-electron chi connectivity index (χ2n) is 2.78. The lowest BCUT2D eigenvalue weighted by Crippen LogP contribution is -1.94. The van der Waals surface area contributed by atoms with E-state index in [1.54, 1.807) is 24.3 Å².